The second-order valence-corrected chi connectivity index (χ2v) is 9.26. The summed E-state index contributed by atoms with van der Waals surface area (Å²) in [6.45, 7) is 4.13. The summed E-state index contributed by atoms with van der Waals surface area (Å²) in [7, 11) is 0. The highest BCUT2D eigenvalue weighted by molar-refractivity contribution is 5.76. The van der Waals surface area contributed by atoms with E-state index in [2.05, 4.69) is 20.2 Å². The van der Waals surface area contributed by atoms with Gasteiger partial charge in [-0.1, -0.05) is 0 Å². The molecule has 1 unspecified atom stereocenters. The summed E-state index contributed by atoms with van der Waals surface area (Å²) in [5, 5.41) is 3.08. The summed E-state index contributed by atoms with van der Waals surface area (Å²) in [5.74, 6) is -0.0111. The molecule has 1 atom stereocenters. The van der Waals surface area contributed by atoms with E-state index >= 15 is 0 Å². The van der Waals surface area contributed by atoms with E-state index in [0.717, 1.165) is 31.2 Å². The van der Waals surface area contributed by atoms with Crippen LogP contribution < -0.4 is 10.2 Å². The van der Waals surface area contributed by atoms with Crippen LogP contribution in [0.4, 0.5) is 37.7 Å². The lowest BCUT2D eigenvalue weighted by Crippen LogP contribution is -2.49. The van der Waals surface area contributed by atoms with Gasteiger partial charge in [0.15, 0.2) is 0 Å². The summed E-state index contributed by atoms with van der Waals surface area (Å²) >= 11 is 0. The molecule has 0 bridgehead atoms. The lowest BCUT2D eigenvalue weighted by molar-refractivity contribution is -0.141. The van der Waals surface area contributed by atoms with E-state index in [-0.39, 0.29) is 17.6 Å². The molecular formula is C24H28F6N6O. The highest BCUT2D eigenvalue weighted by atomic mass is 19.4. The third-order valence-electron chi connectivity index (χ3n) is 6.63. The molecule has 2 saturated heterocycles. The van der Waals surface area contributed by atoms with Crippen molar-refractivity contribution in [1.29, 1.82) is 0 Å². The normalized spacial score (nSPS) is 19.7. The van der Waals surface area contributed by atoms with E-state index in [1.54, 1.807) is 4.90 Å². The number of carbonyl (C=O) groups excluding carboxylic acids is 1. The van der Waals surface area contributed by atoms with Crippen molar-refractivity contribution in [2.24, 2.45) is 0 Å². The van der Waals surface area contributed by atoms with Gasteiger partial charge in [-0.15, -0.1) is 0 Å². The fourth-order valence-electron chi connectivity index (χ4n) is 4.61. The molecule has 1 N–H and O–H groups in total. The van der Waals surface area contributed by atoms with Crippen LogP contribution in [0.1, 0.15) is 30.5 Å². The van der Waals surface area contributed by atoms with E-state index < -0.39 is 23.6 Å². The zero-order chi connectivity index (χ0) is 26.6. The van der Waals surface area contributed by atoms with Crippen LogP contribution in [0.2, 0.25) is 0 Å². The van der Waals surface area contributed by atoms with E-state index in [1.807, 2.05) is 4.90 Å². The van der Waals surface area contributed by atoms with Crippen LogP contribution in [0, 0.1) is 0 Å². The van der Waals surface area contributed by atoms with Gasteiger partial charge in [0.1, 0.15) is 5.69 Å². The van der Waals surface area contributed by atoms with Crippen LogP contribution in [0.15, 0.2) is 36.8 Å². The molecule has 2 fully saturated rings. The summed E-state index contributed by atoms with van der Waals surface area (Å²) in [6.07, 6.45) is -3.78. The third kappa shape index (κ3) is 7.24. The third-order valence-corrected chi connectivity index (χ3v) is 6.63. The van der Waals surface area contributed by atoms with Gasteiger partial charge in [-0.05, 0) is 31.0 Å². The fraction of sp³-hybridized carbons (Fsp3) is 0.542. The Hall–Kier alpha value is -3.09. The number of aromatic nitrogens is 2. The number of rotatable bonds is 6. The molecule has 0 aliphatic carbocycles. The molecule has 2 aliphatic rings. The maximum absolute atomic E-state index is 12.9. The molecule has 2 aromatic rings. The molecular weight excluding hydrogens is 502 g/mol. The second-order valence-electron chi connectivity index (χ2n) is 9.26. The van der Waals surface area contributed by atoms with Crippen LogP contribution in [-0.4, -0.2) is 77.5 Å². The maximum Gasteiger partial charge on any atom is 0.433 e. The Balaban J connectivity index is 1.21. The van der Waals surface area contributed by atoms with Gasteiger partial charge in [-0.25, -0.2) is 4.98 Å². The molecule has 0 aromatic carbocycles. The first-order valence-corrected chi connectivity index (χ1v) is 12.1. The Morgan fingerprint density at radius 2 is 1.73 bits per heavy atom. The molecule has 4 heterocycles. The minimum Gasteiger partial charge on any atom is -0.379 e. The van der Waals surface area contributed by atoms with E-state index in [1.165, 1.54) is 18.5 Å². The van der Waals surface area contributed by atoms with Crippen LogP contribution >= 0.6 is 0 Å². The SMILES string of the molecule is O=C(CCN1CCN(c2ccc(C(F)(F)F)nc2)CC1)N1CCCC(Nc2cncc(C(F)(F)F)c2)C1. The van der Waals surface area contributed by atoms with Gasteiger partial charge < -0.3 is 15.1 Å². The van der Waals surface area contributed by atoms with Crippen molar-refractivity contribution in [3.05, 3.63) is 48.0 Å². The van der Waals surface area contributed by atoms with E-state index in [9.17, 15) is 31.1 Å². The van der Waals surface area contributed by atoms with Crippen LogP contribution in [-0.2, 0) is 17.1 Å². The largest absolute Gasteiger partial charge is 0.433 e. The predicted molar refractivity (Wildman–Crippen MR) is 125 cm³/mol. The minimum atomic E-state index is -4.47. The number of halogens is 6. The van der Waals surface area contributed by atoms with Gasteiger partial charge in [-0.3, -0.25) is 14.7 Å². The Kier molecular flexibility index (Phi) is 8.10. The number of pyridine rings is 2. The number of nitrogens with one attached hydrogen (secondary N) is 1. The van der Waals surface area contributed by atoms with Crippen molar-refractivity contribution in [1.82, 2.24) is 19.8 Å². The minimum absolute atomic E-state index is 0.0111. The molecule has 37 heavy (non-hydrogen) atoms. The number of carbonyl (C=O) groups is 1. The average Bonchev–Trinajstić information content (AvgIpc) is 2.87. The molecule has 0 radical (unpaired) electrons. The highest BCUT2D eigenvalue weighted by Gasteiger charge is 2.33. The lowest BCUT2D eigenvalue weighted by atomic mass is 10.0. The summed E-state index contributed by atoms with van der Waals surface area (Å²) in [4.78, 5) is 25.9. The Bertz CT molecular complexity index is 1050. The Morgan fingerprint density at radius 3 is 2.38 bits per heavy atom. The second kappa shape index (κ2) is 11.1. The molecule has 13 heteroatoms. The fourth-order valence-corrected chi connectivity index (χ4v) is 4.61. The lowest BCUT2D eigenvalue weighted by Gasteiger charge is -2.37. The van der Waals surface area contributed by atoms with Gasteiger partial charge in [0.25, 0.3) is 0 Å². The van der Waals surface area contributed by atoms with Crippen molar-refractivity contribution < 1.29 is 31.1 Å². The van der Waals surface area contributed by atoms with Crippen molar-refractivity contribution in [2.75, 3.05) is 56.0 Å². The van der Waals surface area contributed by atoms with Crippen molar-refractivity contribution >= 4 is 17.3 Å². The van der Waals surface area contributed by atoms with Crippen LogP contribution in [0.5, 0.6) is 0 Å². The van der Waals surface area contributed by atoms with Gasteiger partial charge in [0, 0.05) is 70.7 Å². The van der Waals surface area contributed by atoms with Crippen LogP contribution in [0.3, 0.4) is 0 Å². The van der Waals surface area contributed by atoms with Gasteiger partial charge in [-0.2, -0.15) is 26.3 Å². The predicted octanol–water partition coefficient (Wildman–Crippen LogP) is 4.13. The van der Waals surface area contributed by atoms with Gasteiger partial charge >= 0.3 is 12.4 Å². The number of nitrogens with zero attached hydrogens (tertiary/aromatic N) is 5. The van der Waals surface area contributed by atoms with E-state index in [4.69, 9.17) is 0 Å². The number of amides is 1. The molecule has 4 rings (SSSR count). The highest BCUT2D eigenvalue weighted by Crippen LogP contribution is 2.31. The number of piperidine rings is 1. The number of hydrogen-bond donors (Lipinski definition) is 1. The molecule has 202 valence electrons. The summed E-state index contributed by atoms with van der Waals surface area (Å²) in [6, 6.07) is 3.26. The Labute approximate surface area is 210 Å². The number of likely N-dealkylation sites (tertiary alicyclic amines) is 1. The average molecular weight is 531 g/mol. The zero-order valence-corrected chi connectivity index (χ0v) is 20.0. The smallest absolute Gasteiger partial charge is 0.379 e. The van der Waals surface area contributed by atoms with Gasteiger partial charge in [0.2, 0.25) is 5.91 Å². The van der Waals surface area contributed by atoms with Gasteiger partial charge in [0.05, 0.1) is 23.1 Å². The first-order valence-electron chi connectivity index (χ1n) is 12.1. The molecule has 2 aliphatic heterocycles. The first-order chi connectivity index (χ1) is 17.5. The number of alkyl halides is 6. The van der Waals surface area contributed by atoms with Crippen molar-refractivity contribution in [3.63, 3.8) is 0 Å². The number of piperazine rings is 1. The topological polar surface area (TPSA) is 64.6 Å². The monoisotopic (exact) mass is 530 g/mol. The molecule has 0 saturated carbocycles. The van der Waals surface area contributed by atoms with Crippen LogP contribution in [0.25, 0.3) is 0 Å². The molecule has 0 spiro atoms. The molecule has 2 aromatic heterocycles. The molecule has 1 amide bonds. The van der Waals surface area contributed by atoms with Crippen molar-refractivity contribution in [2.45, 2.75) is 37.7 Å². The first kappa shape index (κ1) is 27.0. The zero-order valence-electron chi connectivity index (χ0n) is 20.0. The van der Waals surface area contributed by atoms with Crippen molar-refractivity contribution in [3.8, 4) is 0 Å². The standard InChI is InChI=1S/C24H28F6N6O/c25-23(26,27)17-12-19(14-31-13-17)33-18-2-1-6-36(16-18)22(37)5-7-34-8-10-35(11-9-34)20-3-4-21(32-15-20)24(28,29)30/h3-4,12-15,18,33H,1-2,5-11,16H2. The molecule has 7 nitrogen and oxygen atoms in total. The summed E-state index contributed by atoms with van der Waals surface area (Å²) < 4.78 is 77.0. The Morgan fingerprint density at radius 1 is 0.973 bits per heavy atom. The van der Waals surface area contributed by atoms with E-state index in [0.29, 0.717) is 57.9 Å². The quantitative estimate of drug-likeness (QED) is 0.567. The maximum atomic E-state index is 12.9. The number of hydrogen-bond acceptors (Lipinski definition) is 6. The number of anilines is 2. The summed E-state index contributed by atoms with van der Waals surface area (Å²) in [5.41, 5.74) is -0.840.